The van der Waals surface area contributed by atoms with Crippen LogP contribution in [0.2, 0.25) is 0 Å². The maximum Gasteiger partial charge on any atom is 0.238 e. The molecule has 0 aromatic heterocycles. The van der Waals surface area contributed by atoms with Gasteiger partial charge in [-0.1, -0.05) is 18.2 Å². The molecule has 76 valence electrons. The third-order valence-corrected chi connectivity index (χ3v) is 3.19. The molecule has 0 aliphatic heterocycles. The summed E-state index contributed by atoms with van der Waals surface area (Å²) in [5, 5.41) is 0. The fourth-order valence-corrected chi connectivity index (χ4v) is 1.78. The summed E-state index contributed by atoms with van der Waals surface area (Å²) >= 11 is 1.53. The number of carbonyl (C=O) groups is 1. The quantitative estimate of drug-likeness (QED) is 0.728. The van der Waals surface area contributed by atoms with E-state index in [1.54, 1.807) is 6.92 Å². The molecular formula is C10H14N2OS. The van der Waals surface area contributed by atoms with Gasteiger partial charge in [0.25, 0.3) is 0 Å². The zero-order valence-electron chi connectivity index (χ0n) is 8.07. The van der Waals surface area contributed by atoms with E-state index in [1.807, 2.05) is 30.3 Å². The fraction of sp³-hybridized carbons (Fsp3) is 0.300. The Morgan fingerprint density at radius 1 is 1.43 bits per heavy atom. The Kier molecular flexibility index (Phi) is 3.55. The summed E-state index contributed by atoms with van der Waals surface area (Å²) in [7, 11) is 0. The van der Waals surface area contributed by atoms with Crippen LogP contribution in [0.3, 0.4) is 0 Å². The Labute approximate surface area is 87.9 Å². The lowest BCUT2D eigenvalue weighted by molar-refractivity contribution is -0.121. The van der Waals surface area contributed by atoms with E-state index in [2.05, 4.69) is 0 Å². The number of hydrogen-bond donors (Lipinski definition) is 2. The van der Waals surface area contributed by atoms with Crippen molar-refractivity contribution in [3.05, 3.63) is 30.3 Å². The first kappa shape index (κ1) is 11.1. The number of hydrogen-bond acceptors (Lipinski definition) is 3. The van der Waals surface area contributed by atoms with Crippen LogP contribution in [0.1, 0.15) is 6.92 Å². The number of benzene rings is 1. The SMILES string of the molecule is CC(N)(CSc1ccccc1)C(N)=O. The largest absolute Gasteiger partial charge is 0.368 e. The third-order valence-electron chi connectivity index (χ3n) is 1.84. The van der Waals surface area contributed by atoms with Crippen LogP contribution in [0.5, 0.6) is 0 Å². The highest BCUT2D eigenvalue weighted by Gasteiger charge is 2.25. The first-order valence-corrected chi connectivity index (χ1v) is 5.27. The molecule has 0 heterocycles. The zero-order chi connectivity index (χ0) is 10.6. The Balaban J connectivity index is 2.53. The summed E-state index contributed by atoms with van der Waals surface area (Å²) < 4.78 is 0. The molecule has 1 atom stereocenters. The Morgan fingerprint density at radius 3 is 2.50 bits per heavy atom. The van der Waals surface area contributed by atoms with Gasteiger partial charge in [0.05, 0.1) is 0 Å². The molecular weight excluding hydrogens is 196 g/mol. The lowest BCUT2D eigenvalue weighted by Gasteiger charge is -2.19. The zero-order valence-corrected chi connectivity index (χ0v) is 8.88. The van der Waals surface area contributed by atoms with Gasteiger partial charge in [-0.05, 0) is 19.1 Å². The molecule has 4 N–H and O–H groups in total. The average molecular weight is 210 g/mol. The molecule has 3 nitrogen and oxygen atoms in total. The van der Waals surface area contributed by atoms with Gasteiger partial charge in [0.2, 0.25) is 5.91 Å². The van der Waals surface area contributed by atoms with Crippen molar-refractivity contribution in [3.8, 4) is 0 Å². The summed E-state index contributed by atoms with van der Waals surface area (Å²) in [5.41, 5.74) is 9.93. The number of rotatable bonds is 4. The van der Waals surface area contributed by atoms with Crippen LogP contribution in [0.25, 0.3) is 0 Å². The van der Waals surface area contributed by atoms with E-state index >= 15 is 0 Å². The average Bonchev–Trinajstić information content (AvgIpc) is 2.16. The standard InChI is InChI=1S/C10H14N2OS/c1-10(12,9(11)13)7-14-8-5-3-2-4-6-8/h2-6H,7,12H2,1H3,(H2,11,13). The lowest BCUT2D eigenvalue weighted by atomic mass is 10.1. The van der Waals surface area contributed by atoms with Gasteiger partial charge in [0.15, 0.2) is 0 Å². The Morgan fingerprint density at radius 2 is 2.00 bits per heavy atom. The highest BCUT2D eigenvalue weighted by Crippen LogP contribution is 2.20. The van der Waals surface area contributed by atoms with Gasteiger partial charge in [0, 0.05) is 10.6 Å². The molecule has 1 rings (SSSR count). The van der Waals surface area contributed by atoms with Crippen LogP contribution in [-0.2, 0) is 4.79 Å². The van der Waals surface area contributed by atoms with Crippen LogP contribution in [0.15, 0.2) is 35.2 Å². The summed E-state index contributed by atoms with van der Waals surface area (Å²) in [6.07, 6.45) is 0. The molecule has 0 radical (unpaired) electrons. The van der Waals surface area contributed by atoms with E-state index in [0.29, 0.717) is 5.75 Å². The van der Waals surface area contributed by atoms with Gasteiger partial charge in [-0.2, -0.15) is 0 Å². The number of thioether (sulfide) groups is 1. The van der Waals surface area contributed by atoms with Gasteiger partial charge in [-0.15, -0.1) is 11.8 Å². The molecule has 1 amide bonds. The minimum absolute atomic E-state index is 0.471. The maximum atomic E-state index is 10.9. The Bertz CT molecular complexity index is 311. The molecule has 0 bridgehead atoms. The lowest BCUT2D eigenvalue weighted by Crippen LogP contribution is -2.51. The fourth-order valence-electron chi connectivity index (χ4n) is 0.821. The highest BCUT2D eigenvalue weighted by molar-refractivity contribution is 7.99. The topological polar surface area (TPSA) is 69.1 Å². The van der Waals surface area contributed by atoms with Crippen molar-refractivity contribution in [1.82, 2.24) is 0 Å². The first-order valence-electron chi connectivity index (χ1n) is 4.29. The van der Waals surface area contributed by atoms with Crippen LogP contribution in [0, 0.1) is 0 Å². The number of nitrogens with two attached hydrogens (primary N) is 2. The predicted octanol–water partition coefficient (Wildman–Crippen LogP) is 0.981. The van der Waals surface area contributed by atoms with Crippen molar-refractivity contribution < 1.29 is 4.79 Å². The Hall–Kier alpha value is -1.00. The molecule has 0 fully saturated rings. The third kappa shape index (κ3) is 3.05. The monoisotopic (exact) mass is 210 g/mol. The maximum absolute atomic E-state index is 10.9. The molecule has 1 unspecified atom stereocenters. The second-order valence-electron chi connectivity index (χ2n) is 3.38. The molecule has 0 aliphatic carbocycles. The normalized spacial score (nSPS) is 14.7. The summed E-state index contributed by atoms with van der Waals surface area (Å²) in [6.45, 7) is 1.64. The predicted molar refractivity (Wildman–Crippen MR) is 59.0 cm³/mol. The minimum Gasteiger partial charge on any atom is -0.368 e. The molecule has 0 spiro atoms. The van der Waals surface area contributed by atoms with E-state index < -0.39 is 11.4 Å². The van der Waals surface area contributed by atoms with Gasteiger partial charge in [-0.3, -0.25) is 4.79 Å². The van der Waals surface area contributed by atoms with E-state index in [0.717, 1.165) is 4.90 Å². The van der Waals surface area contributed by atoms with Crippen molar-refractivity contribution >= 4 is 17.7 Å². The summed E-state index contributed by atoms with van der Waals surface area (Å²) in [5.74, 6) is 0.0210. The van der Waals surface area contributed by atoms with Gasteiger partial charge in [-0.25, -0.2) is 0 Å². The highest BCUT2D eigenvalue weighted by atomic mass is 32.2. The van der Waals surface area contributed by atoms with Crippen molar-refractivity contribution in [2.75, 3.05) is 5.75 Å². The molecule has 1 aromatic carbocycles. The van der Waals surface area contributed by atoms with E-state index in [4.69, 9.17) is 11.5 Å². The van der Waals surface area contributed by atoms with Gasteiger partial charge in [0.1, 0.15) is 5.54 Å². The summed E-state index contributed by atoms with van der Waals surface area (Å²) in [6, 6.07) is 9.78. The van der Waals surface area contributed by atoms with Gasteiger partial charge >= 0.3 is 0 Å². The molecule has 4 heteroatoms. The smallest absolute Gasteiger partial charge is 0.238 e. The molecule has 0 saturated heterocycles. The number of primary amides is 1. The van der Waals surface area contributed by atoms with Crippen molar-refractivity contribution in [3.63, 3.8) is 0 Å². The first-order chi connectivity index (χ1) is 6.52. The van der Waals surface area contributed by atoms with Crippen LogP contribution in [-0.4, -0.2) is 17.2 Å². The molecule has 1 aromatic rings. The van der Waals surface area contributed by atoms with Gasteiger partial charge < -0.3 is 11.5 Å². The molecule has 0 aliphatic rings. The van der Waals surface area contributed by atoms with Crippen molar-refractivity contribution in [2.24, 2.45) is 11.5 Å². The molecule has 0 saturated carbocycles. The van der Waals surface area contributed by atoms with Crippen LogP contribution in [0.4, 0.5) is 0 Å². The van der Waals surface area contributed by atoms with Crippen LogP contribution < -0.4 is 11.5 Å². The van der Waals surface area contributed by atoms with E-state index in [9.17, 15) is 4.79 Å². The summed E-state index contributed by atoms with van der Waals surface area (Å²) in [4.78, 5) is 12.0. The van der Waals surface area contributed by atoms with Crippen molar-refractivity contribution in [1.29, 1.82) is 0 Å². The van der Waals surface area contributed by atoms with E-state index in [-0.39, 0.29) is 0 Å². The second kappa shape index (κ2) is 4.48. The number of carbonyl (C=O) groups excluding carboxylic acids is 1. The molecule has 14 heavy (non-hydrogen) atoms. The van der Waals surface area contributed by atoms with Crippen molar-refractivity contribution in [2.45, 2.75) is 17.4 Å². The van der Waals surface area contributed by atoms with E-state index in [1.165, 1.54) is 11.8 Å². The second-order valence-corrected chi connectivity index (χ2v) is 4.43. The minimum atomic E-state index is -0.944. The number of amides is 1. The van der Waals surface area contributed by atoms with Crippen LogP contribution >= 0.6 is 11.8 Å².